The van der Waals surface area contributed by atoms with E-state index in [-0.39, 0.29) is 30.4 Å². The number of anilines is 1. The first kappa shape index (κ1) is 31.6. The molecule has 4 aliphatic rings. The van der Waals surface area contributed by atoms with Gasteiger partial charge in [0.1, 0.15) is 11.6 Å². The minimum Gasteiger partial charge on any atom is -0.408 e. The fourth-order valence-electron chi connectivity index (χ4n) is 7.71. The van der Waals surface area contributed by atoms with E-state index in [9.17, 15) is 19.2 Å². The molecule has 5 amide bonds. The fourth-order valence-corrected chi connectivity index (χ4v) is 7.99. The Labute approximate surface area is 278 Å². The maximum atomic E-state index is 14.1. The van der Waals surface area contributed by atoms with Crippen molar-refractivity contribution in [1.82, 2.24) is 29.9 Å². The molecule has 0 aliphatic carbocycles. The van der Waals surface area contributed by atoms with Crippen LogP contribution < -0.4 is 16.4 Å². The molecule has 47 heavy (non-hydrogen) atoms. The average molecular weight is 664 g/mol. The van der Waals surface area contributed by atoms with Crippen LogP contribution in [0.25, 0.3) is 11.1 Å². The minimum absolute atomic E-state index is 0.0101. The summed E-state index contributed by atoms with van der Waals surface area (Å²) in [6.45, 7) is 5.02. The Morgan fingerprint density at radius 2 is 1.62 bits per heavy atom. The zero-order valence-corrected chi connectivity index (χ0v) is 27.3. The van der Waals surface area contributed by atoms with E-state index >= 15 is 0 Å². The Morgan fingerprint density at radius 3 is 2.38 bits per heavy atom. The Kier molecular flexibility index (Phi) is 9.13. The van der Waals surface area contributed by atoms with E-state index in [0.29, 0.717) is 73.3 Å². The summed E-state index contributed by atoms with van der Waals surface area (Å²) in [5.74, 6) is -0.730. The van der Waals surface area contributed by atoms with Gasteiger partial charge in [0.25, 0.3) is 0 Å². The monoisotopic (exact) mass is 663 g/mol. The molecule has 3 fully saturated rings. The van der Waals surface area contributed by atoms with Crippen molar-refractivity contribution in [2.75, 3.05) is 44.6 Å². The second kappa shape index (κ2) is 13.6. The van der Waals surface area contributed by atoms with Gasteiger partial charge in [-0.15, -0.1) is 0 Å². The van der Waals surface area contributed by atoms with E-state index in [4.69, 9.17) is 16.0 Å². The number of carbonyl (C=O) groups is 3. The number of fused-ring (bicyclic) bond motifs is 2. The van der Waals surface area contributed by atoms with Gasteiger partial charge in [-0.2, -0.15) is 0 Å². The van der Waals surface area contributed by atoms with E-state index in [1.165, 1.54) is 19.3 Å². The smallest absolute Gasteiger partial charge is 0.408 e. The highest BCUT2D eigenvalue weighted by atomic mass is 35.5. The van der Waals surface area contributed by atoms with Gasteiger partial charge >= 0.3 is 17.8 Å². The summed E-state index contributed by atoms with van der Waals surface area (Å²) in [5.41, 5.74) is 3.31. The number of hydrogen-bond acceptors (Lipinski definition) is 6. The molecule has 5 heterocycles. The molecule has 1 atom stereocenters. The Morgan fingerprint density at radius 1 is 0.915 bits per heavy atom. The van der Waals surface area contributed by atoms with Crippen LogP contribution in [0.15, 0.2) is 45.6 Å². The van der Waals surface area contributed by atoms with Crippen molar-refractivity contribution in [3.8, 4) is 0 Å². The first-order valence-electron chi connectivity index (χ1n) is 16.9. The number of aromatic nitrogens is 1. The van der Waals surface area contributed by atoms with Crippen molar-refractivity contribution in [3.05, 3.63) is 63.1 Å². The number of amides is 5. The van der Waals surface area contributed by atoms with Crippen molar-refractivity contribution in [1.29, 1.82) is 0 Å². The molecule has 13 heteroatoms. The van der Waals surface area contributed by atoms with Gasteiger partial charge in [0.2, 0.25) is 5.91 Å². The lowest BCUT2D eigenvalue weighted by Gasteiger charge is -2.42. The highest BCUT2D eigenvalue weighted by molar-refractivity contribution is 6.34. The zero-order valence-electron chi connectivity index (χ0n) is 26.5. The number of H-pyrrole nitrogens is 1. The minimum atomic E-state index is -0.824. The predicted octanol–water partition coefficient (Wildman–Crippen LogP) is 4.38. The molecular weight excluding hydrogens is 622 g/mol. The molecule has 4 aliphatic heterocycles. The van der Waals surface area contributed by atoms with Crippen LogP contribution in [0.1, 0.15) is 56.1 Å². The number of para-hydroxylation sites is 1. The Bertz CT molecular complexity index is 1690. The average Bonchev–Trinajstić information content (AvgIpc) is 3.48. The molecule has 250 valence electrons. The second-order valence-corrected chi connectivity index (χ2v) is 13.7. The number of urea groups is 2. The third-order valence-corrected chi connectivity index (χ3v) is 10.6. The highest BCUT2D eigenvalue weighted by Crippen LogP contribution is 2.29. The maximum Gasteiger partial charge on any atom is 0.417 e. The van der Waals surface area contributed by atoms with Crippen molar-refractivity contribution in [2.24, 2.45) is 0 Å². The topological polar surface area (TPSA) is 134 Å². The summed E-state index contributed by atoms with van der Waals surface area (Å²) in [6, 6.07) is 10.5. The van der Waals surface area contributed by atoms with Crippen LogP contribution in [0.5, 0.6) is 0 Å². The number of likely N-dealkylation sites (tertiary alicyclic amines) is 3. The quantitative estimate of drug-likeness (QED) is 0.358. The Hall–Kier alpha value is -4.03. The summed E-state index contributed by atoms with van der Waals surface area (Å²) in [6.07, 6.45) is 7.08. The highest BCUT2D eigenvalue weighted by Gasteiger charge is 2.35. The molecule has 2 aromatic carbocycles. The normalized spacial score (nSPS) is 20.6. The van der Waals surface area contributed by atoms with Crippen LogP contribution in [0.2, 0.25) is 5.02 Å². The summed E-state index contributed by atoms with van der Waals surface area (Å²) < 4.78 is 5.26. The molecule has 0 radical (unpaired) electrons. The van der Waals surface area contributed by atoms with Crippen molar-refractivity contribution >= 4 is 46.4 Å². The number of benzene rings is 2. The molecule has 0 bridgehead atoms. The van der Waals surface area contributed by atoms with Crippen LogP contribution in [-0.2, 0) is 17.8 Å². The lowest BCUT2D eigenvalue weighted by molar-refractivity contribution is -0.134. The first-order valence-corrected chi connectivity index (χ1v) is 17.3. The van der Waals surface area contributed by atoms with Crippen molar-refractivity contribution in [2.45, 2.75) is 76.0 Å². The predicted molar refractivity (Wildman–Crippen MR) is 178 cm³/mol. The number of nitrogens with one attached hydrogen (secondary N) is 3. The van der Waals surface area contributed by atoms with E-state index in [1.54, 1.807) is 17.0 Å². The summed E-state index contributed by atoms with van der Waals surface area (Å²) in [7, 11) is 0. The van der Waals surface area contributed by atoms with Crippen molar-refractivity contribution in [3.63, 3.8) is 0 Å². The largest absolute Gasteiger partial charge is 0.417 e. The zero-order chi connectivity index (χ0) is 32.5. The number of hydrogen-bond donors (Lipinski definition) is 3. The lowest BCUT2D eigenvalue weighted by atomic mass is 9.98. The third-order valence-electron chi connectivity index (χ3n) is 10.3. The van der Waals surface area contributed by atoms with Gasteiger partial charge in [0, 0.05) is 56.9 Å². The maximum absolute atomic E-state index is 14.1. The van der Waals surface area contributed by atoms with Gasteiger partial charge < -0.3 is 34.7 Å². The van der Waals surface area contributed by atoms with Gasteiger partial charge in [-0.25, -0.2) is 14.4 Å². The van der Waals surface area contributed by atoms with Gasteiger partial charge in [0.15, 0.2) is 5.58 Å². The van der Waals surface area contributed by atoms with Gasteiger partial charge in [0.05, 0.1) is 5.02 Å². The molecular formula is C34H42ClN7O5. The standard InChI is InChI=1S/C34H42ClN7O5/c35-26-18-22(20-29-30(26)38-34(46)47-29)19-28(31(43)40-14-8-24(9-15-40)39-12-4-1-5-13-39)37-32(44)41-16-10-25(11-17-41)42-21-23-6-2-3-7-27(23)36-33(42)45/h2-3,6-7,18,20,24-25,28H,1,4-5,8-17,19,21H2,(H,36,45)(H,37,44)(H,38,46). The Balaban J connectivity index is 1.02. The molecule has 0 saturated carbocycles. The number of piperidine rings is 3. The second-order valence-electron chi connectivity index (χ2n) is 13.3. The number of rotatable bonds is 6. The molecule has 1 unspecified atom stereocenters. The van der Waals surface area contributed by atoms with Crippen LogP contribution in [0, 0.1) is 0 Å². The molecule has 7 rings (SSSR count). The van der Waals surface area contributed by atoms with E-state index in [0.717, 1.165) is 37.2 Å². The summed E-state index contributed by atoms with van der Waals surface area (Å²) in [5, 5.41) is 6.35. The molecule has 3 aromatic rings. The van der Waals surface area contributed by atoms with Gasteiger partial charge in [-0.1, -0.05) is 36.2 Å². The van der Waals surface area contributed by atoms with Crippen molar-refractivity contribution < 1.29 is 18.8 Å². The molecule has 1 aromatic heterocycles. The fraction of sp³-hybridized carbons (Fsp3) is 0.529. The first-order chi connectivity index (χ1) is 22.8. The lowest BCUT2D eigenvalue weighted by Crippen LogP contribution is -2.57. The van der Waals surface area contributed by atoms with Crippen LogP contribution in [0.3, 0.4) is 0 Å². The number of halogens is 1. The molecule has 12 nitrogen and oxygen atoms in total. The summed E-state index contributed by atoms with van der Waals surface area (Å²) in [4.78, 5) is 63.1. The SMILES string of the molecule is O=C(NC(Cc1cc(Cl)c2[nH]c(=O)oc2c1)C(=O)N1CCC(N2CCCCC2)CC1)N1CCC(N2Cc3ccccc3NC2=O)CC1. The molecule has 3 N–H and O–H groups in total. The van der Waals surface area contributed by atoms with Crippen LogP contribution in [-0.4, -0.2) is 99.9 Å². The van der Waals surface area contributed by atoms with Crippen LogP contribution >= 0.6 is 11.6 Å². The number of nitrogens with zero attached hydrogens (tertiary/aromatic N) is 4. The number of oxazole rings is 1. The molecule has 0 spiro atoms. The molecule has 3 saturated heterocycles. The van der Waals surface area contributed by atoms with Gasteiger partial charge in [-0.3, -0.25) is 9.78 Å². The number of aromatic amines is 1. The van der Waals surface area contributed by atoms with E-state index < -0.39 is 11.8 Å². The van der Waals surface area contributed by atoms with Gasteiger partial charge in [-0.05, 0) is 80.9 Å². The number of carbonyl (C=O) groups excluding carboxylic acids is 3. The van der Waals surface area contributed by atoms with E-state index in [2.05, 4.69) is 20.5 Å². The third kappa shape index (κ3) is 6.85. The summed E-state index contributed by atoms with van der Waals surface area (Å²) >= 11 is 6.46. The van der Waals surface area contributed by atoms with E-state index in [1.807, 2.05) is 34.1 Å². The van der Waals surface area contributed by atoms with Crippen LogP contribution in [0.4, 0.5) is 15.3 Å².